The summed E-state index contributed by atoms with van der Waals surface area (Å²) in [6.07, 6.45) is 7.27. The van der Waals surface area contributed by atoms with Crippen LogP contribution in [0.2, 0.25) is 0 Å². The van der Waals surface area contributed by atoms with Gasteiger partial charge in [-0.05, 0) is 19.3 Å². The first-order chi connectivity index (χ1) is 7.86. The Morgan fingerprint density at radius 1 is 1.12 bits per heavy atom. The van der Waals surface area contributed by atoms with Crippen molar-refractivity contribution in [3.63, 3.8) is 0 Å². The van der Waals surface area contributed by atoms with Crippen molar-refractivity contribution in [1.82, 2.24) is 19.6 Å². The van der Waals surface area contributed by atoms with Crippen molar-refractivity contribution in [2.45, 2.75) is 19.3 Å². The minimum atomic E-state index is 0.413. The van der Waals surface area contributed by atoms with E-state index in [0.717, 1.165) is 24.6 Å². The zero-order valence-electron chi connectivity index (χ0n) is 9.00. The lowest BCUT2D eigenvalue weighted by Crippen LogP contribution is -2.30. The van der Waals surface area contributed by atoms with Gasteiger partial charge in [0.1, 0.15) is 0 Å². The largest absolute Gasteiger partial charge is 0.368 e. The molecule has 1 fully saturated rings. The maximum Gasteiger partial charge on any atom is 0.226 e. The van der Waals surface area contributed by atoms with Gasteiger partial charge >= 0.3 is 0 Å². The van der Waals surface area contributed by atoms with E-state index in [0.29, 0.717) is 5.95 Å². The van der Waals surface area contributed by atoms with Gasteiger partial charge in [-0.25, -0.2) is 4.98 Å². The maximum atomic E-state index is 5.72. The van der Waals surface area contributed by atoms with Gasteiger partial charge in [-0.3, -0.25) is 4.40 Å². The topological polar surface area (TPSA) is 72.3 Å². The molecule has 6 heteroatoms. The molecule has 0 atom stereocenters. The van der Waals surface area contributed by atoms with Crippen molar-refractivity contribution in [1.29, 1.82) is 0 Å². The Bertz CT molecular complexity index is 499. The summed E-state index contributed by atoms with van der Waals surface area (Å²) in [6, 6.07) is 0. The molecule has 16 heavy (non-hydrogen) atoms. The molecule has 0 saturated carbocycles. The highest BCUT2D eigenvalue weighted by molar-refractivity contribution is 5.65. The van der Waals surface area contributed by atoms with Gasteiger partial charge in [0.15, 0.2) is 5.82 Å². The third-order valence-corrected chi connectivity index (χ3v) is 2.99. The first-order valence-corrected chi connectivity index (χ1v) is 5.56. The molecule has 2 aromatic heterocycles. The smallest absolute Gasteiger partial charge is 0.226 e. The van der Waals surface area contributed by atoms with E-state index in [-0.39, 0.29) is 0 Å². The Balaban J connectivity index is 2.08. The number of hydrogen-bond acceptors (Lipinski definition) is 5. The fourth-order valence-corrected chi connectivity index (χ4v) is 2.16. The van der Waals surface area contributed by atoms with Gasteiger partial charge < -0.3 is 10.6 Å². The van der Waals surface area contributed by atoms with Crippen molar-refractivity contribution in [2.75, 3.05) is 23.7 Å². The summed E-state index contributed by atoms with van der Waals surface area (Å²) in [4.78, 5) is 6.65. The van der Waals surface area contributed by atoms with Crippen LogP contribution in [-0.4, -0.2) is 32.7 Å². The zero-order chi connectivity index (χ0) is 11.0. The summed E-state index contributed by atoms with van der Waals surface area (Å²) in [5, 5.41) is 7.95. The van der Waals surface area contributed by atoms with E-state index in [4.69, 9.17) is 5.73 Å². The standard InChI is InChI=1S/C10H14N6/c11-10-14-13-9-8(12-4-7-16(9)10)15-5-2-1-3-6-15/h4,7H,1-3,5-6H2,(H2,11,14). The number of fused-ring (bicyclic) bond motifs is 1. The second-order valence-corrected chi connectivity index (χ2v) is 4.05. The lowest BCUT2D eigenvalue weighted by Gasteiger charge is -2.27. The van der Waals surface area contributed by atoms with Crippen LogP contribution in [0.1, 0.15) is 19.3 Å². The first kappa shape index (κ1) is 9.38. The van der Waals surface area contributed by atoms with Crippen LogP contribution >= 0.6 is 0 Å². The van der Waals surface area contributed by atoms with Crippen molar-refractivity contribution in [3.05, 3.63) is 12.4 Å². The minimum Gasteiger partial charge on any atom is -0.368 e. The van der Waals surface area contributed by atoms with E-state index in [9.17, 15) is 0 Å². The molecule has 0 radical (unpaired) electrons. The van der Waals surface area contributed by atoms with Gasteiger partial charge in [0.05, 0.1) is 0 Å². The Hall–Kier alpha value is -1.85. The summed E-state index contributed by atoms with van der Waals surface area (Å²) >= 11 is 0. The van der Waals surface area contributed by atoms with E-state index in [1.807, 2.05) is 0 Å². The van der Waals surface area contributed by atoms with Crippen molar-refractivity contribution in [3.8, 4) is 0 Å². The average Bonchev–Trinajstić information content (AvgIpc) is 2.73. The normalized spacial score (nSPS) is 16.9. The number of rotatable bonds is 1. The Morgan fingerprint density at radius 3 is 2.75 bits per heavy atom. The molecule has 0 aliphatic carbocycles. The van der Waals surface area contributed by atoms with Crippen LogP contribution in [0.15, 0.2) is 12.4 Å². The molecule has 2 N–H and O–H groups in total. The molecule has 3 rings (SSSR count). The highest BCUT2D eigenvalue weighted by Crippen LogP contribution is 2.21. The number of aromatic nitrogens is 4. The van der Waals surface area contributed by atoms with Crippen molar-refractivity contribution >= 4 is 17.4 Å². The van der Waals surface area contributed by atoms with Crippen LogP contribution in [0, 0.1) is 0 Å². The molecule has 3 heterocycles. The van der Waals surface area contributed by atoms with Gasteiger partial charge in [0, 0.05) is 25.5 Å². The summed E-state index contributed by atoms with van der Waals surface area (Å²) in [7, 11) is 0. The van der Waals surface area contributed by atoms with Gasteiger partial charge in [0.25, 0.3) is 0 Å². The molecule has 0 spiro atoms. The average molecular weight is 218 g/mol. The van der Waals surface area contributed by atoms with E-state index < -0.39 is 0 Å². The molecular weight excluding hydrogens is 204 g/mol. The molecule has 0 unspecified atom stereocenters. The molecule has 1 aliphatic rings. The second kappa shape index (κ2) is 3.62. The van der Waals surface area contributed by atoms with Crippen molar-refractivity contribution < 1.29 is 0 Å². The van der Waals surface area contributed by atoms with Crippen LogP contribution in [0.4, 0.5) is 11.8 Å². The van der Waals surface area contributed by atoms with Crippen LogP contribution in [-0.2, 0) is 0 Å². The highest BCUT2D eigenvalue weighted by Gasteiger charge is 2.17. The SMILES string of the molecule is Nc1nnc2c(N3CCCCC3)nccn12. The Kier molecular flexibility index (Phi) is 2.12. The number of nitrogens with zero attached hydrogens (tertiary/aromatic N) is 5. The highest BCUT2D eigenvalue weighted by atomic mass is 15.3. The quantitative estimate of drug-likeness (QED) is 0.762. The molecule has 84 valence electrons. The Labute approximate surface area is 93.1 Å². The van der Waals surface area contributed by atoms with Crippen molar-refractivity contribution in [2.24, 2.45) is 0 Å². The van der Waals surface area contributed by atoms with Gasteiger partial charge in [-0.2, -0.15) is 0 Å². The monoisotopic (exact) mass is 218 g/mol. The van der Waals surface area contributed by atoms with Gasteiger partial charge in [-0.1, -0.05) is 0 Å². The van der Waals surface area contributed by atoms with Gasteiger partial charge in [-0.15, -0.1) is 10.2 Å². The van der Waals surface area contributed by atoms with E-state index in [1.54, 1.807) is 16.8 Å². The third-order valence-electron chi connectivity index (χ3n) is 2.99. The van der Waals surface area contributed by atoms with E-state index in [1.165, 1.54) is 19.3 Å². The maximum absolute atomic E-state index is 5.72. The molecule has 2 aromatic rings. The molecule has 0 amide bonds. The molecule has 6 nitrogen and oxygen atoms in total. The summed E-state index contributed by atoms with van der Waals surface area (Å²) in [5.74, 6) is 1.31. The summed E-state index contributed by atoms with van der Waals surface area (Å²) < 4.78 is 1.77. The number of nitrogens with two attached hydrogens (primary N) is 1. The van der Waals surface area contributed by atoms with Crippen LogP contribution in [0.25, 0.3) is 5.65 Å². The van der Waals surface area contributed by atoms with Crippen LogP contribution in [0.5, 0.6) is 0 Å². The number of anilines is 2. The summed E-state index contributed by atoms with van der Waals surface area (Å²) in [6.45, 7) is 2.08. The minimum absolute atomic E-state index is 0.413. The molecule has 1 saturated heterocycles. The number of hydrogen-bond donors (Lipinski definition) is 1. The van der Waals surface area contributed by atoms with E-state index >= 15 is 0 Å². The van der Waals surface area contributed by atoms with Crippen LogP contribution in [0.3, 0.4) is 0 Å². The second-order valence-electron chi connectivity index (χ2n) is 4.05. The molecular formula is C10H14N6. The number of nitrogen functional groups attached to an aromatic ring is 1. The van der Waals surface area contributed by atoms with E-state index in [2.05, 4.69) is 20.1 Å². The third kappa shape index (κ3) is 1.37. The lowest BCUT2D eigenvalue weighted by molar-refractivity contribution is 0.573. The fourth-order valence-electron chi connectivity index (χ4n) is 2.16. The zero-order valence-corrected chi connectivity index (χ0v) is 9.00. The lowest BCUT2D eigenvalue weighted by atomic mass is 10.1. The predicted molar refractivity (Wildman–Crippen MR) is 61.3 cm³/mol. The first-order valence-electron chi connectivity index (χ1n) is 5.56. The predicted octanol–water partition coefficient (Wildman–Crippen LogP) is 0.697. The van der Waals surface area contributed by atoms with Crippen LogP contribution < -0.4 is 10.6 Å². The molecule has 0 bridgehead atoms. The van der Waals surface area contributed by atoms with Gasteiger partial charge in [0.2, 0.25) is 11.6 Å². The number of piperidine rings is 1. The molecule has 1 aliphatic heterocycles. The summed E-state index contributed by atoms with van der Waals surface area (Å²) in [5.41, 5.74) is 6.47. The fraction of sp³-hybridized carbons (Fsp3) is 0.500. The molecule has 0 aromatic carbocycles. The Morgan fingerprint density at radius 2 is 1.94 bits per heavy atom.